The van der Waals surface area contributed by atoms with E-state index in [0.29, 0.717) is 11.3 Å². The molecule has 3 aliphatic rings. The van der Waals surface area contributed by atoms with Gasteiger partial charge in [0.25, 0.3) is 0 Å². The van der Waals surface area contributed by atoms with E-state index in [4.69, 9.17) is 0 Å². The van der Waals surface area contributed by atoms with Crippen LogP contribution in [0.5, 0.6) is 0 Å². The van der Waals surface area contributed by atoms with Gasteiger partial charge in [-0.3, -0.25) is 0 Å². The Morgan fingerprint density at radius 3 is 2.39 bits per heavy atom. The predicted octanol–water partition coefficient (Wildman–Crippen LogP) is 11.3. The number of allylic oxidation sites excluding steroid dienone is 5. The molecule has 0 spiro atoms. The second-order valence-electron chi connectivity index (χ2n) is 14.4. The van der Waals surface area contributed by atoms with Crippen molar-refractivity contribution in [1.82, 2.24) is 0 Å². The number of rotatable bonds is 8. The number of benzene rings is 2. The van der Waals surface area contributed by atoms with Gasteiger partial charge in [0.1, 0.15) is 0 Å². The van der Waals surface area contributed by atoms with E-state index in [1.54, 1.807) is 16.7 Å². The first-order valence-corrected chi connectivity index (χ1v) is 16.3. The monoisotopic (exact) mass is 547 g/mol. The van der Waals surface area contributed by atoms with E-state index >= 15 is 0 Å². The lowest BCUT2D eigenvalue weighted by Crippen LogP contribution is -2.42. The van der Waals surface area contributed by atoms with Crippen LogP contribution in [0.25, 0.3) is 6.08 Å². The van der Waals surface area contributed by atoms with Crippen LogP contribution in [0.2, 0.25) is 0 Å². The zero-order chi connectivity index (χ0) is 29.2. The Morgan fingerprint density at radius 1 is 1.00 bits per heavy atom. The summed E-state index contributed by atoms with van der Waals surface area (Å²) in [7, 11) is 0. The van der Waals surface area contributed by atoms with Crippen molar-refractivity contribution in [3.63, 3.8) is 0 Å². The van der Waals surface area contributed by atoms with Gasteiger partial charge in [-0.05, 0) is 107 Å². The topological polar surface area (TPSA) is 12.0 Å². The summed E-state index contributed by atoms with van der Waals surface area (Å²) in [4.78, 5) is 0. The van der Waals surface area contributed by atoms with E-state index in [1.807, 2.05) is 6.08 Å². The van der Waals surface area contributed by atoms with Crippen LogP contribution in [0.15, 0.2) is 90.1 Å². The van der Waals surface area contributed by atoms with Crippen LogP contribution in [0.1, 0.15) is 109 Å². The van der Waals surface area contributed by atoms with Gasteiger partial charge in [0.2, 0.25) is 0 Å². The van der Waals surface area contributed by atoms with Gasteiger partial charge in [-0.25, -0.2) is 0 Å². The maximum absolute atomic E-state index is 4.06. The van der Waals surface area contributed by atoms with E-state index in [9.17, 15) is 0 Å². The average Bonchev–Trinajstić information content (AvgIpc) is 3.26. The first-order chi connectivity index (χ1) is 19.7. The quantitative estimate of drug-likeness (QED) is 0.346. The Hall–Kier alpha value is -2.80. The second kappa shape index (κ2) is 12.2. The highest BCUT2D eigenvalue weighted by Gasteiger charge is 2.54. The lowest BCUT2D eigenvalue weighted by molar-refractivity contribution is 0.0717. The maximum atomic E-state index is 4.06. The summed E-state index contributed by atoms with van der Waals surface area (Å²) in [6.45, 7) is 19.2. The molecular formula is C40H53N. The van der Waals surface area contributed by atoms with Crippen molar-refractivity contribution in [1.29, 1.82) is 0 Å². The highest BCUT2D eigenvalue weighted by Crippen LogP contribution is 2.65. The molecule has 0 radical (unpaired) electrons. The van der Waals surface area contributed by atoms with Crippen LogP contribution in [-0.2, 0) is 5.41 Å². The van der Waals surface area contributed by atoms with Crippen LogP contribution < -0.4 is 5.32 Å². The Bertz CT molecular complexity index is 1300. The molecule has 1 heteroatoms. The van der Waals surface area contributed by atoms with Crippen molar-refractivity contribution in [2.75, 3.05) is 11.9 Å². The molecule has 1 nitrogen and oxygen atoms in total. The predicted molar refractivity (Wildman–Crippen MR) is 179 cm³/mol. The molecule has 2 saturated carbocycles. The minimum absolute atomic E-state index is 0.188. The summed E-state index contributed by atoms with van der Waals surface area (Å²) in [5, 5.41) is 3.54. The largest absolute Gasteiger partial charge is 0.382 e. The molecule has 0 aliphatic heterocycles. The van der Waals surface area contributed by atoms with Gasteiger partial charge in [-0.15, -0.1) is 0 Å². The number of nitrogens with one attached hydrogen (secondary N) is 1. The second-order valence-corrected chi connectivity index (χ2v) is 14.4. The van der Waals surface area contributed by atoms with E-state index < -0.39 is 0 Å². The van der Waals surface area contributed by atoms with Gasteiger partial charge < -0.3 is 5.32 Å². The summed E-state index contributed by atoms with van der Waals surface area (Å²) >= 11 is 0. The molecule has 0 heterocycles. The van der Waals surface area contributed by atoms with Gasteiger partial charge in [0.05, 0.1) is 0 Å². The number of hydrogen-bond donors (Lipinski definition) is 1. The normalized spacial score (nSPS) is 29.1. The zero-order valence-corrected chi connectivity index (χ0v) is 26.6. The minimum Gasteiger partial charge on any atom is -0.382 e. The van der Waals surface area contributed by atoms with E-state index in [0.717, 1.165) is 24.3 Å². The standard InChI is InChI=1S/C40H53N/c1-8-11-30-19-24-35-37-25-14-28(3)40(37,7)27-36(38(35)34(30)12-9-2)31-17-15-29(16-18-31)13-10-26-41-33-22-20-32(21-23-33)39(4,5)6/h8,10-11,13,15-18,20-23,28,35-37,41H,1,9,12,14,19,24-27H2,2-7H3/b13-10+,30-11-. The highest BCUT2D eigenvalue weighted by atomic mass is 14.8. The zero-order valence-electron chi connectivity index (χ0n) is 26.6. The molecule has 3 aliphatic carbocycles. The van der Waals surface area contributed by atoms with Crippen LogP contribution >= 0.6 is 0 Å². The first kappa shape index (κ1) is 29.7. The molecule has 0 saturated heterocycles. The third kappa shape index (κ3) is 6.06. The fourth-order valence-corrected chi connectivity index (χ4v) is 8.41. The number of hydrogen-bond acceptors (Lipinski definition) is 1. The lowest BCUT2D eigenvalue weighted by Gasteiger charge is -2.52. The van der Waals surface area contributed by atoms with Crippen molar-refractivity contribution in [2.45, 2.75) is 97.8 Å². The van der Waals surface area contributed by atoms with Crippen molar-refractivity contribution >= 4 is 11.8 Å². The summed E-state index contributed by atoms with van der Waals surface area (Å²) in [5.74, 6) is 2.94. The molecule has 2 aromatic rings. The van der Waals surface area contributed by atoms with Crippen LogP contribution in [0.4, 0.5) is 5.69 Å². The van der Waals surface area contributed by atoms with Crippen molar-refractivity contribution < 1.29 is 0 Å². The summed E-state index contributed by atoms with van der Waals surface area (Å²) in [6.07, 6.45) is 17.9. The van der Waals surface area contributed by atoms with Gasteiger partial charge in [0.15, 0.2) is 0 Å². The molecular weight excluding hydrogens is 494 g/mol. The number of anilines is 1. The van der Waals surface area contributed by atoms with Crippen LogP contribution in [0, 0.1) is 23.2 Å². The molecule has 5 atom stereocenters. The molecule has 0 amide bonds. The molecule has 2 fully saturated rings. The summed E-state index contributed by atoms with van der Waals surface area (Å²) in [5.41, 5.74) is 11.0. The van der Waals surface area contributed by atoms with Crippen LogP contribution in [0.3, 0.4) is 0 Å². The Morgan fingerprint density at radius 2 is 1.73 bits per heavy atom. The molecule has 2 aromatic carbocycles. The fourth-order valence-electron chi connectivity index (χ4n) is 8.41. The van der Waals surface area contributed by atoms with E-state index in [-0.39, 0.29) is 5.41 Å². The van der Waals surface area contributed by atoms with E-state index in [2.05, 4.69) is 120 Å². The first-order valence-electron chi connectivity index (χ1n) is 16.3. The Kier molecular flexibility index (Phi) is 8.84. The maximum Gasteiger partial charge on any atom is 0.0342 e. The molecule has 5 unspecified atom stereocenters. The molecule has 218 valence electrons. The van der Waals surface area contributed by atoms with Gasteiger partial charge >= 0.3 is 0 Å². The van der Waals surface area contributed by atoms with Crippen LogP contribution in [-0.4, -0.2) is 6.54 Å². The summed E-state index contributed by atoms with van der Waals surface area (Å²) < 4.78 is 0. The molecule has 0 aromatic heterocycles. The Balaban J connectivity index is 1.36. The van der Waals surface area contributed by atoms with Gasteiger partial charge in [-0.2, -0.15) is 0 Å². The van der Waals surface area contributed by atoms with E-state index in [1.165, 1.54) is 67.3 Å². The SMILES string of the molecule is C=C/C=C1/CCC2C(=C1CCC)C(c1ccc(/C=C/CNc3ccc(C(C)(C)C)cc3)cc1)CC1(C)C(C)CCC21. The van der Waals surface area contributed by atoms with Crippen molar-refractivity contribution in [3.8, 4) is 0 Å². The third-order valence-electron chi connectivity index (χ3n) is 10.9. The van der Waals surface area contributed by atoms with Crippen molar-refractivity contribution in [2.24, 2.45) is 23.2 Å². The van der Waals surface area contributed by atoms with Crippen molar-refractivity contribution in [3.05, 3.63) is 107 Å². The smallest absolute Gasteiger partial charge is 0.0342 e. The number of fused-ring (bicyclic) bond motifs is 3. The lowest BCUT2D eigenvalue weighted by atomic mass is 9.52. The molecule has 41 heavy (non-hydrogen) atoms. The van der Waals surface area contributed by atoms with Gasteiger partial charge in [-0.1, -0.05) is 121 Å². The average molecular weight is 548 g/mol. The molecule has 5 rings (SSSR count). The summed E-state index contributed by atoms with van der Waals surface area (Å²) in [6, 6.07) is 18.4. The molecule has 1 N–H and O–H groups in total. The molecule has 0 bridgehead atoms. The highest BCUT2D eigenvalue weighted by molar-refractivity contribution is 5.54. The van der Waals surface area contributed by atoms with Gasteiger partial charge in [0, 0.05) is 18.2 Å². The Labute approximate surface area is 250 Å². The minimum atomic E-state index is 0.188. The fraction of sp³-hybridized carbons (Fsp3) is 0.500. The third-order valence-corrected chi connectivity index (χ3v) is 10.9.